The lowest BCUT2D eigenvalue weighted by atomic mass is 10.0. The lowest BCUT2D eigenvalue weighted by Gasteiger charge is -2.15. The fraction of sp³-hybridized carbons (Fsp3) is 0.176. The molecular weight excluding hydrogens is 312 g/mol. The molecule has 24 heavy (non-hydrogen) atoms. The second kappa shape index (κ2) is 7.36. The van der Waals surface area contributed by atoms with Gasteiger partial charge in [-0.05, 0) is 35.9 Å². The van der Waals surface area contributed by atoms with Crippen LogP contribution in [-0.2, 0) is 11.2 Å². The molecule has 0 radical (unpaired) electrons. The van der Waals surface area contributed by atoms with Crippen LogP contribution in [0.2, 0.25) is 0 Å². The summed E-state index contributed by atoms with van der Waals surface area (Å²) in [6.45, 7) is 0. The summed E-state index contributed by atoms with van der Waals surface area (Å²) in [6.07, 6.45) is 0.0914. The predicted molar refractivity (Wildman–Crippen MR) is 88.1 cm³/mol. The van der Waals surface area contributed by atoms with Gasteiger partial charge in [-0.25, -0.2) is 4.79 Å². The Morgan fingerprint density at radius 2 is 1.88 bits per heavy atom. The number of carbonyl (C=O) groups excluding carboxylic acids is 1. The zero-order chi connectivity index (χ0) is 17.7. The van der Waals surface area contributed by atoms with Gasteiger partial charge in [0.25, 0.3) is 5.91 Å². The number of hydrogen-bond acceptors (Lipinski definition) is 5. The van der Waals surface area contributed by atoms with Gasteiger partial charge in [0.2, 0.25) is 0 Å². The summed E-state index contributed by atoms with van der Waals surface area (Å²) in [4.78, 5) is 23.6. The maximum atomic E-state index is 12.2. The number of nitrogens with two attached hydrogens (primary N) is 1. The number of ether oxygens (including phenoxy) is 1. The van der Waals surface area contributed by atoms with E-state index >= 15 is 0 Å². The Labute approximate surface area is 138 Å². The minimum atomic E-state index is -1.18. The number of phenolic OH excluding ortho intramolecular Hbond substituents is 1. The third-order valence-electron chi connectivity index (χ3n) is 3.47. The number of aliphatic carboxylic acids is 1. The molecule has 0 spiro atoms. The molecule has 1 atom stereocenters. The van der Waals surface area contributed by atoms with Gasteiger partial charge in [-0.3, -0.25) is 4.79 Å². The van der Waals surface area contributed by atoms with E-state index in [1.54, 1.807) is 24.3 Å². The minimum absolute atomic E-state index is 0.0732. The zero-order valence-corrected chi connectivity index (χ0v) is 13.0. The van der Waals surface area contributed by atoms with Gasteiger partial charge in [-0.1, -0.05) is 12.1 Å². The van der Waals surface area contributed by atoms with E-state index in [0.717, 1.165) is 5.56 Å². The molecule has 0 saturated heterocycles. The maximum absolute atomic E-state index is 12.2. The predicted octanol–water partition coefficient (Wildman–Crippen LogP) is 1.41. The van der Waals surface area contributed by atoms with Crippen LogP contribution in [0.4, 0.5) is 5.69 Å². The van der Waals surface area contributed by atoms with Crippen molar-refractivity contribution in [2.75, 3.05) is 12.8 Å². The maximum Gasteiger partial charge on any atom is 0.326 e. The number of rotatable bonds is 6. The largest absolute Gasteiger partial charge is 0.507 e. The number of nitrogens with one attached hydrogen (secondary N) is 1. The Hall–Kier alpha value is -3.22. The highest BCUT2D eigenvalue weighted by Crippen LogP contribution is 2.20. The molecule has 5 N–H and O–H groups in total. The van der Waals surface area contributed by atoms with Crippen molar-refractivity contribution in [1.82, 2.24) is 5.32 Å². The number of aromatic hydroxyl groups is 1. The van der Waals surface area contributed by atoms with Gasteiger partial charge in [-0.15, -0.1) is 0 Å². The van der Waals surface area contributed by atoms with Crippen molar-refractivity contribution < 1.29 is 24.5 Å². The molecule has 0 aliphatic heterocycles. The lowest BCUT2D eigenvalue weighted by Crippen LogP contribution is -2.42. The highest BCUT2D eigenvalue weighted by Gasteiger charge is 2.22. The average Bonchev–Trinajstić information content (AvgIpc) is 2.56. The molecule has 2 aromatic rings. The molecule has 0 aliphatic rings. The number of carboxylic acid groups (broad SMARTS) is 1. The van der Waals surface area contributed by atoms with E-state index in [1.807, 2.05) is 0 Å². The first-order chi connectivity index (χ1) is 11.4. The van der Waals surface area contributed by atoms with Crippen LogP contribution in [0.25, 0.3) is 0 Å². The summed E-state index contributed by atoms with van der Waals surface area (Å²) in [5.41, 5.74) is 6.53. The quantitative estimate of drug-likeness (QED) is 0.469. The molecule has 0 fully saturated rings. The van der Waals surface area contributed by atoms with E-state index in [4.69, 9.17) is 10.5 Å². The van der Waals surface area contributed by atoms with Crippen LogP contribution in [0.3, 0.4) is 0 Å². The van der Waals surface area contributed by atoms with Crippen LogP contribution in [0.5, 0.6) is 11.5 Å². The van der Waals surface area contributed by atoms with E-state index in [2.05, 4.69) is 5.32 Å². The van der Waals surface area contributed by atoms with Crippen molar-refractivity contribution in [2.24, 2.45) is 0 Å². The fourth-order valence-corrected chi connectivity index (χ4v) is 2.17. The molecule has 0 aliphatic carbocycles. The number of carboxylic acids is 1. The molecule has 2 rings (SSSR count). The number of methoxy groups -OCH3 is 1. The van der Waals surface area contributed by atoms with Crippen molar-refractivity contribution in [2.45, 2.75) is 12.5 Å². The third kappa shape index (κ3) is 4.16. The van der Waals surface area contributed by atoms with Gasteiger partial charge in [0, 0.05) is 12.1 Å². The second-order valence-electron chi connectivity index (χ2n) is 5.19. The van der Waals surface area contributed by atoms with Gasteiger partial charge >= 0.3 is 5.97 Å². The molecule has 7 nitrogen and oxygen atoms in total. The first kappa shape index (κ1) is 17.1. The standard InChI is InChI=1S/C17H18N2O5/c1-24-12-5-2-10(3-6-12)8-14(17(22)23)19-16(21)13-9-11(18)4-7-15(13)20/h2-7,9,14,20H,8,18H2,1H3,(H,19,21)(H,22,23). The Bertz CT molecular complexity index is 743. The van der Waals surface area contributed by atoms with Crippen molar-refractivity contribution in [1.29, 1.82) is 0 Å². The van der Waals surface area contributed by atoms with Gasteiger partial charge < -0.3 is 26.0 Å². The topological polar surface area (TPSA) is 122 Å². The van der Waals surface area contributed by atoms with Gasteiger partial charge in [0.05, 0.1) is 12.7 Å². The SMILES string of the molecule is COc1ccc(CC(NC(=O)c2cc(N)ccc2O)C(=O)O)cc1. The molecule has 7 heteroatoms. The Morgan fingerprint density at radius 3 is 2.46 bits per heavy atom. The highest BCUT2D eigenvalue weighted by atomic mass is 16.5. The summed E-state index contributed by atoms with van der Waals surface area (Å²) < 4.78 is 5.04. The number of phenols is 1. The van der Waals surface area contributed by atoms with Crippen molar-refractivity contribution >= 4 is 17.6 Å². The van der Waals surface area contributed by atoms with Gasteiger partial charge in [0.1, 0.15) is 17.5 Å². The number of anilines is 1. The van der Waals surface area contributed by atoms with Crippen molar-refractivity contribution in [3.8, 4) is 11.5 Å². The number of nitrogen functional groups attached to an aromatic ring is 1. The average molecular weight is 330 g/mol. The van der Waals surface area contributed by atoms with E-state index in [9.17, 15) is 19.8 Å². The summed E-state index contributed by atoms with van der Waals surface area (Å²) in [6, 6.07) is 9.72. The van der Waals surface area contributed by atoms with E-state index in [0.29, 0.717) is 11.4 Å². The molecule has 0 heterocycles. The summed E-state index contributed by atoms with van der Waals surface area (Å²) in [5, 5.41) is 21.4. The Kier molecular flexibility index (Phi) is 5.26. The molecular formula is C17H18N2O5. The van der Waals surface area contributed by atoms with Crippen LogP contribution in [0.1, 0.15) is 15.9 Å². The van der Waals surface area contributed by atoms with E-state index < -0.39 is 17.9 Å². The van der Waals surface area contributed by atoms with Crippen molar-refractivity contribution in [3.05, 3.63) is 53.6 Å². The van der Waals surface area contributed by atoms with E-state index in [1.165, 1.54) is 25.3 Å². The summed E-state index contributed by atoms with van der Waals surface area (Å²) in [7, 11) is 1.54. The molecule has 0 bridgehead atoms. The minimum Gasteiger partial charge on any atom is -0.507 e. The van der Waals surface area contributed by atoms with Crippen molar-refractivity contribution in [3.63, 3.8) is 0 Å². The van der Waals surface area contributed by atoms with E-state index in [-0.39, 0.29) is 17.7 Å². The number of carbonyl (C=O) groups is 2. The second-order valence-corrected chi connectivity index (χ2v) is 5.19. The number of benzene rings is 2. The Balaban J connectivity index is 2.14. The molecule has 0 aromatic heterocycles. The Morgan fingerprint density at radius 1 is 1.21 bits per heavy atom. The van der Waals surface area contributed by atoms with Crippen LogP contribution in [0, 0.1) is 0 Å². The first-order valence-electron chi connectivity index (χ1n) is 7.16. The van der Waals surface area contributed by atoms with Crippen LogP contribution < -0.4 is 15.8 Å². The zero-order valence-electron chi connectivity index (χ0n) is 13.0. The van der Waals surface area contributed by atoms with Crippen LogP contribution in [-0.4, -0.2) is 35.2 Å². The molecule has 1 amide bonds. The molecule has 0 saturated carbocycles. The summed E-state index contributed by atoms with van der Waals surface area (Å²) >= 11 is 0. The number of amides is 1. The smallest absolute Gasteiger partial charge is 0.326 e. The highest BCUT2D eigenvalue weighted by molar-refractivity contribution is 5.99. The van der Waals surface area contributed by atoms with Crippen LogP contribution >= 0.6 is 0 Å². The first-order valence-corrected chi connectivity index (χ1v) is 7.16. The lowest BCUT2D eigenvalue weighted by molar-refractivity contribution is -0.139. The fourth-order valence-electron chi connectivity index (χ4n) is 2.17. The number of hydrogen-bond donors (Lipinski definition) is 4. The molecule has 126 valence electrons. The van der Waals surface area contributed by atoms with Gasteiger partial charge in [-0.2, -0.15) is 0 Å². The monoisotopic (exact) mass is 330 g/mol. The normalized spacial score (nSPS) is 11.5. The summed E-state index contributed by atoms with van der Waals surface area (Å²) in [5.74, 6) is -1.50. The third-order valence-corrected chi connectivity index (χ3v) is 3.47. The molecule has 1 unspecified atom stereocenters. The molecule has 2 aromatic carbocycles. The van der Waals surface area contributed by atoms with Crippen LogP contribution in [0.15, 0.2) is 42.5 Å². The van der Waals surface area contributed by atoms with Gasteiger partial charge in [0.15, 0.2) is 0 Å².